The van der Waals surface area contributed by atoms with Crippen LogP contribution in [0.4, 0.5) is 15.0 Å². The number of hydrogen-bond acceptors (Lipinski definition) is 4. The highest BCUT2D eigenvalue weighted by Crippen LogP contribution is 2.18. The summed E-state index contributed by atoms with van der Waals surface area (Å²) in [6.45, 7) is 3.11. The van der Waals surface area contributed by atoms with Gasteiger partial charge in [0.15, 0.2) is 0 Å². The first kappa shape index (κ1) is 18.9. The number of rotatable bonds is 7. The van der Waals surface area contributed by atoms with Crippen LogP contribution in [-0.4, -0.2) is 37.3 Å². The summed E-state index contributed by atoms with van der Waals surface area (Å²) in [4.78, 5) is 18.6. The summed E-state index contributed by atoms with van der Waals surface area (Å²) in [6, 6.07) is 9.58. The number of nitrogens with one attached hydrogen (secondary N) is 2. The minimum Gasteiger partial charge on any atom is -0.492 e. The summed E-state index contributed by atoms with van der Waals surface area (Å²) >= 11 is 0. The molecule has 0 unspecified atom stereocenters. The van der Waals surface area contributed by atoms with Gasteiger partial charge in [-0.25, -0.2) is 14.2 Å². The van der Waals surface area contributed by atoms with Crippen LogP contribution in [0, 0.1) is 5.82 Å². The number of ether oxygens (including phenoxy) is 1. The Balaban J connectivity index is 1.37. The van der Waals surface area contributed by atoms with E-state index in [1.165, 1.54) is 31.4 Å². The lowest BCUT2D eigenvalue weighted by molar-refractivity contribution is 0.236. The van der Waals surface area contributed by atoms with Gasteiger partial charge in [-0.2, -0.15) is 0 Å². The monoisotopic (exact) mass is 372 g/mol. The van der Waals surface area contributed by atoms with Crippen LogP contribution in [0.25, 0.3) is 0 Å². The molecule has 2 amide bonds. The maximum absolute atomic E-state index is 13.0. The lowest BCUT2D eigenvalue weighted by Gasteiger charge is -2.27. The Hall–Kier alpha value is -2.83. The molecule has 1 fully saturated rings. The Morgan fingerprint density at radius 2 is 2.00 bits per heavy atom. The topological polar surface area (TPSA) is 66.5 Å². The van der Waals surface area contributed by atoms with Gasteiger partial charge in [-0.15, -0.1) is 0 Å². The molecule has 0 radical (unpaired) electrons. The van der Waals surface area contributed by atoms with Crippen molar-refractivity contribution in [1.82, 2.24) is 15.6 Å². The number of hydrogen-bond donors (Lipinski definition) is 2. The van der Waals surface area contributed by atoms with Gasteiger partial charge < -0.3 is 20.3 Å². The molecule has 2 N–H and O–H groups in total. The number of nitrogens with zero attached hydrogens (tertiary/aromatic N) is 2. The van der Waals surface area contributed by atoms with E-state index in [4.69, 9.17) is 4.74 Å². The van der Waals surface area contributed by atoms with Crippen LogP contribution in [0.3, 0.4) is 0 Å². The van der Waals surface area contributed by atoms with Crippen LogP contribution < -0.4 is 20.3 Å². The van der Waals surface area contributed by atoms with Crippen LogP contribution >= 0.6 is 0 Å². The van der Waals surface area contributed by atoms with Crippen molar-refractivity contribution in [3.63, 3.8) is 0 Å². The molecule has 1 aromatic heterocycles. The van der Waals surface area contributed by atoms with Crippen molar-refractivity contribution in [3.05, 3.63) is 54.0 Å². The minimum atomic E-state index is -0.348. The van der Waals surface area contributed by atoms with Crippen LogP contribution in [0.15, 0.2) is 42.6 Å². The second-order valence-corrected chi connectivity index (χ2v) is 6.49. The van der Waals surface area contributed by atoms with Crippen molar-refractivity contribution >= 4 is 11.8 Å². The highest BCUT2D eigenvalue weighted by molar-refractivity contribution is 5.73. The molecule has 7 heteroatoms. The maximum Gasteiger partial charge on any atom is 0.315 e. The summed E-state index contributed by atoms with van der Waals surface area (Å²) in [5, 5.41) is 5.55. The first-order valence-corrected chi connectivity index (χ1v) is 9.31. The zero-order valence-electron chi connectivity index (χ0n) is 15.3. The summed E-state index contributed by atoms with van der Waals surface area (Å²) < 4.78 is 18.4. The number of benzene rings is 1. The number of amides is 2. The Kier molecular flexibility index (Phi) is 6.84. The van der Waals surface area contributed by atoms with Gasteiger partial charge in [0.25, 0.3) is 0 Å². The highest BCUT2D eigenvalue weighted by atomic mass is 19.1. The first-order valence-electron chi connectivity index (χ1n) is 9.31. The Bertz CT molecular complexity index is 750. The number of aromatic nitrogens is 1. The quantitative estimate of drug-likeness (QED) is 0.733. The third-order valence-corrected chi connectivity index (χ3v) is 4.40. The summed E-state index contributed by atoms with van der Waals surface area (Å²) in [6.07, 6.45) is 5.46. The molecular weight excluding hydrogens is 347 g/mol. The Morgan fingerprint density at radius 3 is 2.81 bits per heavy atom. The van der Waals surface area contributed by atoms with Crippen molar-refractivity contribution in [1.29, 1.82) is 0 Å². The molecule has 3 rings (SSSR count). The Morgan fingerprint density at radius 1 is 1.15 bits per heavy atom. The third kappa shape index (κ3) is 6.13. The number of anilines is 1. The molecule has 6 nitrogen and oxygen atoms in total. The minimum absolute atomic E-state index is 0.269. The standard InChI is InChI=1S/C20H25FN4O2/c21-17-5-4-6-18(14-17)27-12-9-23-20(26)24-15-16-7-8-22-19(13-16)25-10-2-1-3-11-25/h4-8,13-14H,1-3,9-12,15H2,(H2,23,24,26). The number of carbonyl (C=O) groups is 1. The molecule has 0 atom stereocenters. The number of piperidine rings is 1. The van der Waals surface area contributed by atoms with E-state index in [2.05, 4.69) is 20.5 Å². The van der Waals surface area contributed by atoms with E-state index in [0.717, 1.165) is 24.5 Å². The molecule has 0 bridgehead atoms. The van der Waals surface area contributed by atoms with Crippen molar-refractivity contribution in [2.24, 2.45) is 0 Å². The number of carbonyl (C=O) groups excluding carboxylic acids is 1. The SMILES string of the molecule is O=C(NCCOc1cccc(F)c1)NCc1ccnc(N2CCCCC2)c1. The van der Waals surface area contributed by atoms with Crippen LogP contribution in [-0.2, 0) is 6.54 Å². The molecule has 1 aromatic carbocycles. The van der Waals surface area contributed by atoms with E-state index in [-0.39, 0.29) is 18.5 Å². The molecule has 0 saturated carbocycles. The predicted octanol–water partition coefficient (Wildman–Crippen LogP) is 3.09. The van der Waals surface area contributed by atoms with Gasteiger partial charge in [0, 0.05) is 31.9 Å². The average Bonchev–Trinajstić information content (AvgIpc) is 2.71. The van der Waals surface area contributed by atoms with Crippen LogP contribution in [0.5, 0.6) is 5.75 Å². The van der Waals surface area contributed by atoms with Crippen molar-refractivity contribution in [3.8, 4) is 5.75 Å². The van der Waals surface area contributed by atoms with Gasteiger partial charge >= 0.3 is 6.03 Å². The molecular formula is C20H25FN4O2. The van der Waals surface area contributed by atoms with Crippen LogP contribution in [0.1, 0.15) is 24.8 Å². The lowest BCUT2D eigenvalue weighted by Crippen LogP contribution is -2.37. The molecule has 144 valence electrons. The number of pyridine rings is 1. The summed E-state index contributed by atoms with van der Waals surface area (Å²) in [5.41, 5.74) is 1.01. The van der Waals surface area contributed by atoms with Gasteiger partial charge in [-0.05, 0) is 49.1 Å². The van der Waals surface area contributed by atoms with Crippen LogP contribution in [0.2, 0.25) is 0 Å². The predicted molar refractivity (Wildman–Crippen MR) is 102 cm³/mol. The van der Waals surface area contributed by atoms with E-state index in [9.17, 15) is 9.18 Å². The molecule has 2 heterocycles. The molecule has 2 aromatic rings. The fourth-order valence-corrected chi connectivity index (χ4v) is 3.00. The maximum atomic E-state index is 13.0. The summed E-state index contributed by atoms with van der Waals surface area (Å²) in [5.74, 6) is 1.07. The van der Waals surface area contributed by atoms with Crippen molar-refractivity contribution in [2.75, 3.05) is 31.1 Å². The third-order valence-electron chi connectivity index (χ3n) is 4.40. The zero-order chi connectivity index (χ0) is 18.9. The highest BCUT2D eigenvalue weighted by Gasteiger charge is 2.12. The second kappa shape index (κ2) is 9.75. The molecule has 1 aliphatic rings. The molecule has 27 heavy (non-hydrogen) atoms. The van der Waals surface area contributed by atoms with E-state index >= 15 is 0 Å². The number of halogens is 1. The fraction of sp³-hybridized carbons (Fsp3) is 0.400. The largest absolute Gasteiger partial charge is 0.492 e. The Labute approximate surface area is 158 Å². The van der Waals surface area contributed by atoms with E-state index in [0.29, 0.717) is 18.8 Å². The van der Waals surface area contributed by atoms with E-state index in [1.54, 1.807) is 18.3 Å². The van der Waals surface area contributed by atoms with Crippen molar-refractivity contribution < 1.29 is 13.9 Å². The average molecular weight is 372 g/mol. The molecule has 0 spiro atoms. The van der Waals surface area contributed by atoms with Crippen molar-refractivity contribution in [2.45, 2.75) is 25.8 Å². The normalized spacial score (nSPS) is 13.9. The summed E-state index contributed by atoms with van der Waals surface area (Å²) in [7, 11) is 0. The lowest BCUT2D eigenvalue weighted by atomic mass is 10.1. The van der Waals surface area contributed by atoms with Gasteiger partial charge in [0.1, 0.15) is 24.0 Å². The molecule has 1 saturated heterocycles. The van der Waals surface area contributed by atoms with Gasteiger partial charge in [-0.1, -0.05) is 6.07 Å². The number of urea groups is 1. The van der Waals surface area contributed by atoms with Gasteiger partial charge in [0.05, 0.1) is 6.54 Å². The zero-order valence-corrected chi connectivity index (χ0v) is 15.3. The van der Waals surface area contributed by atoms with E-state index in [1.807, 2.05) is 12.1 Å². The van der Waals surface area contributed by atoms with Gasteiger partial charge in [0.2, 0.25) is 0 Å². The molecule has 0 aliphatic carbocycles. The second-order valence-electron chi connectivity index (χ2n) is 6.49. The van der Waals surface area contributed by atoms with Gasteiger partial charge in [-0.3, -0.25) is 0 Å². The fourth-order valence-electron chi connectivity index (χ4n) is 3.00. The molecule has 1 aliphatic heterocycles. The van der Waals surface area contributed by atoms with E-state index < -0.39 is 0 Å². The smallest absolute Gasteiger partial charge is 0.315 e. The first-order chi connectivity index (χ1) is 13.2.